The van der Waals surface area contributed by atoms with Gasteiger partial charge in [0.15, 0.2) is 0 Å². The average Bonchev–Trinajstić information content (AvgIpc) is 2.34. The molecule has 1 heterocycles. The third kappa shape index (κ3) is 3.90. The molecule has 94 valence electrons. The number of rotatable bonds is 5. The standard InChI is InChI=1S/C11H19N5O/c1-5-16(4)10(17)7-13-9-6-8(2)14-11(12-3)15-9/h6H,5,7H2,1-4H3,(H2,12,13,14,15). The summed E-state index contributed by atoms with van der Waals surface area (Å²) in [5, 5.41) is 5.87. The predicted octanol–water partition coefficient (Wildman–Crippen LogP) is 0.717. The highest BCUT2D eigenvalue weighted by Gasteiger charge is 2.07. The van der Waals surface area contributed by atoms with Gasteiger partial charge in [-0.25, -0.2) is 4.98 Å². The van der Waals surface area contributed by atoms with Crippen LogP contribution >= 0.6 is 0 Å². The van der Waals surface area contributed by atoms with E-state index in [9.17, 15) is 4.79 Å². The van der Waals surface area contributed by atoms with E-state index in [1.165, 1.54) is 0 Å². The van der Waals surface area contributed by atoms with Gasteiger partial charge in [0.1, 0.15) is 5.82 Å². The van der Waals surface area contributed by atoms with E-state index >= 15 is 0 Å². The molecule has 0 radical (unpaired) electrons. The third-order valence-electron chi connectivity index (χ3n) is 2.40. The summed E-state index contributed by atoms with van der Waals surface area (Å²) in [5.41, 5.74) is 0.850. The number of carbonyl (C=O) groups is 1. The summed E-state index contributed by atoms with van der Waals surface area (Å²) in [6.45, 7) is 4.76. The maximum Gasteiger partial charge on any atom is 0.241 e. The number of nitrogens with zero attached hydrogens (tertiary/aromatic N) is 3. The summed E-state index contributed by atoms with van der Waals surface area (Å²) in [7, 11) is 3.53. The van der Waals surface area contributed by atoms with Crippen LogP contribution in [0, 0.1) is 6.92 Å². The number of nitrogens with one attached hydrogen (secondary N) is 2. The molecule has 0 aliphatic rings. The topological polar surface area (TPSA) is 70.2 Å². The lowest BCUT2D eigenvalue weighted by atomic mass is 10.4. The number of aryl methyl sites for hydroxylation is 1. The second-order valence-electron chi connectivity index (χ2n) is 3.73. The molecular formula is C11H19N5O. The molecule has 0 aliphatic carbocycles. The van der Waals surface area contributed by atoms with E-state index in [1.54, 1.807) is 25.1 Å². The fourth-order valence-electron chi connectivity index (χ4n) is 1.25. The van der Waals surface area contributed by atoms with Crippen molar-refractivity contribution < 1.29 is 4.79 Å². The summed E-state index contributed by atoms with van der Waals surface area (Å²) in [5.74, 6) is 1.23. The van der Waals surface area contributed by atoms with Gasteiger partial charge in [-0.15, -0.1) is 0 Å². The molecule has 1 amide bonds. The van der Waals surface area contributed by atoms with E-state index in [2.05, 4.69) is 20.6 Å². The van der Waals surface area contributed by atoms with Crippen molar-refractivity contribution in [1.29, 1.82) is 0 Å². The van der Waals surface area contributed by atoms with Gasteiger partial charge in [0, 0.05) is 32.4 Å². The molecule has 0 saturated carbocycles. The van der Waals surface area contributed by atoms with Gasteiger partial charge >= 0.3 is 0 Å². The monoisotopic (exact) mass is 237 g/mol. The van der Waals surface area contributed by atoms with Gasteiger partial charge in [-0.1, -0.05) is 0 Å². The number of likely N-dealkylation sites (N-methyl/N-ethyl adjacent to an activating group) is 1. The van der Waals surface area contributed by atoms with E-state index in [1.807, 2.05) is 13.8 Å². The number of carbonyl (C=O) groups excluding carboxylic acids is 1. The Morgan fingerprint density at radius 1 is 1.47 bits per heavy atom. The van der Waals surface area contributed by atoms with Crippen molar-refractivity contribution in [2.24, 2.45) is 0 Å². The Hall–Kier alpha value is -1.85. The number of anilines is 2. The lowest BCUT2D eigenvalue weighted by Gasteiger charge is -2.15. The first-order chi connectivity index (χ1) is 8.06. The number of aromatic nitrogens is 2. The normalized spacial score (nSPS) is 9.88. The first-order valence-electron chi connectivity index (χ1n) is 5.58. The zero-order valence-corrected chi connectivity index (χ0v) is 10.7. The molecule has 6 heteroatoms. The molecule has 0 atom stereocenters. The Bertz CT molecular complexity index is 393. The van der Waals surface area contributed by atoms with Crippen LogP contribution in [0.5, 0.6) is 0 Å². The molecule has 1 rings (SSSR count). The highest BCUT2D eigenvalue weighted by molar-refractivity contribution is 5.80. The van der Waals surface area contributed by atoms with Crippen LogP contribution in [0.15, 0.2) is 6.07 Å². The predicted molar refractivity (Wildman–Crippen MR) is 68.1 cm³/mol. The van der Waals surface area contributed by atoms with Crippen LogP contribution < -0.4 is 10.6 Å². The van der Waals surface area contributed by atoms with Crippen LogP contribution in [0.3, 0.4) is 0 Å². The van der Waals surface area contributed by atoms with Gasteiger partial charge in [-0.2, -0.15) is 4.98 Å². The average molecular weight is 237 g/mol. The fourth-order valence-corrected chi connectivity index (χ4v) is 1.25. The Morgan fingerprint density at radius 3 is 2.76 bits per heavy atom. The summed E-state index contributed by atoms with van der Waals surface area (Å²) in [4.78, 5) is 21.6. The molecule has 2 N–H and O–H groups in total. The largest absolute Gasteiger partial charge is 0.361 e. The second kappa shape index (κ2) is 6.03. The highest BCUT2D eigenvalue weighted by Crippen LogP contribution is 2.08. The Kier molecular flexibility index (Phi) is 4.68. The first-order valence-corrected chi connectivity index (χ1v) is 5.58. The van der Waals surface area contributed by atoms with Crippen LogP contribution in [0.4, 0.5) is 11.8 Å². The SMILES string of the molecule is CCN(C)C(=O)CNc1cc(C)nc(NC)n1. The quantitative estimate of drug-likeness (QED) is 0.789. The van der Waals surface area contributed by atoms with Crippen LogP contribution in [-0.4, -0.2) is 48.0 Å². The minimum absolute atomic E-state index is 0.0368. The van der Waals surface area contributed by atoms with E-state index < -0.39 is 0 Å². The van der Waals surface area contributed by atoms with Crippen molar-refractivity contribution >= 4 is 17.7 Å². The van der Waals surface area contributed by atoms with Gasteiger partial charge in [-0.3, -0.25) is 4.79 Å². The Morgan fingerprint density at radius 2 is 2.18 bits per heavy atom. The van der Waals surface area contributed by atoms with Crippen LogP contribution in [0.1, 0.15) is 12.6 Å². The second-order valence-corrected chi connectivity index (χ2v) is 3.73. The van der Waals surface area contributed by atoms with Crippen LogP contribution in [-0.2, 0) is 4.79 Å². The number of hydrogen-bond acceptors (Lipinski definition) is 5. The lowest BCUT2D eigenvalue weighted by molar-refractivity contribution is -0.127. The van der Waals surface area contributed by atoms with Crippen molar-refractivity contribution in [3.63, 3.8) is 0 Å². The van der Waals surface area contributed by atoms with E-state index in [-0.39, 0.29) is 12.5 Å². The van der Waals surface area contributed by atoms with Gasteiger partial charge in [0.2, 0.25) is 11.9 Å². The van der Waals surface area contributed by atoms with Gasteiger partial charge < -0.3 is 15.5 Å². The maximum absolute atomic E-state index is 11.6. The van der Waals surface area contributed by atoms with Crippen LogP contribution in [0.2, 0.25) is 0 Å². The molecule has 1 aromatic rings. The van der Waals surface area contributed by atoms with Crippen molar-refractivity contribution in [2.75, 3.05) is 37.8 Å². The van der Waals surface area contributed by atoms with Gasteiger partial charge in [-0.05, 0) is 13.8 Å². The van der Waals surface area contributed by atoms with Crippen molar-refractivity contribution in [3.05, 3.63) is 11.8 Å². The van der Waals surface area contributed by atoms with Crippen LogP contribution in [0.25, 0.3) is 0 Å². The molecule has 0 spiro atoms. The Balaban J connectivity index is 2.63. The maximum atomic E-state index is 11.6. The number of amides is 1. The van der Waals surface area contributed by atoms with E-state index in [0.29, 0.717) is 18.3 Å². The fraction of sp³-hybridized carbons (Fsp3) is 0.545. The summed E-state index contributed by atoms with van der Waals surface area (Å²) in [6, 6.07) is 1.81. The number of hydrogen-bond donors (Lipinski definition) is 2. The van der Waals surface area contributed by atoms with Crippen molar-refractivity contribution in [2.45, 2.75) is 13.8 Å². The first kappa shape index (κ1) is 13.2. The Labute approximate surface area is 101 Å². The molecule has 0 bridgehead atoms. The molecular weight excluding hydrogens is 218 g/mol. The molecule has 0 aromatic carbocycles. The zero-order valence-electron chi connectivity index (χ0n) is 10.7. The summed E-state index contributed by atoms with van der Waals surface area (Å²) < 4.78 is 0. The van der Waals surface area contributed by atoms with Crippen molar-refractivity contribution in [3.8, 4) is 0 Å². The minimum atomic E-state index is 0.0368. The molecule has 17 heavy (non-hydrogen) atoms. The highest BCUT2D eigenvalue weighted by atomic mass is 16.2. The molecule has 0 saturated heterocycles. The molecule has 6 nitrogen and oxygen atoms in total. The summed E-state index contributed by atoms with van der Waals surface area (Å²) in [6.07, 6.45) is 0. The molecule has 0 aliphatic heterocycles. The van der Waals surface area contributed by atoms with E-state index in [4.69, 9.17) is 0 Å². The third-order valence-corrected chi connectivity index (χ3v) is 2.40. The zero-order chi connectivity index (χ0) is 12.8. The van der Waals surface area contributed by atoms with Gasteiger partial charge in [0.25, 0.3) is 0 Å². The van der Waals surface area contributed by atoms with Crippen molar-refractivity contribution in [1.82, 2.24) is 14.9 Å². The van der Waals surface area contributed by atoms with Gasteiger partial charge in [0.05, 0.1) is 6.54 Å². The molecule has 1 aromatic heterocycles. The lowest BCUT2D eigenvalue weighted by Crippen LogP contribution is -2.32. The summed E-state index contributed by atoms with van der Waals surface area (Å²) >= 11 is 0. The smallest absolute Gasteiger partial charge is 0.241 e. The molecule has 0 fully saturated rings. The molecule has 0 unspecified atom stereocenters. The van der Waals surface area contributed by atoms with E-state index in [0.717, 1.165) is 5.69 Å². The minimum Gasteiger partial charge on any atom is -0.361 e.